The van der Waals surface area contributed by atoms with Crippen LogP contribution in [0.15, 0.2) is 41.3 Å². The van der Waals surface area contributed by atoms with Crippen LogP contribution in [-0.4, -0.2) is 4.98 Å². The van der Waals surface area contributed by atoms with Gasteiger partial charge in [0.25, 0.3) is 5.56 Å². The molecule has 1 heterocycles. The minimum atomic E-state index is -0.113. The highest BCUT2D eigenvalue weighted by molar-refractivity contribution is 5.65. The van der Waals surface area contributed by atoms with E-state index in [1.54, 1.807) is 6.07 Å². The number of nitrogen functional groups attached to an aromatic ring is 1. The summed E-state index contributed by atoms with van der Waals surface area (Å²) >= 11 is 0. The number of benzene rings is 1. The maximum Gasteiger partial charge on any atom is 0.255 e. The number of nitrogens with one attached hydrogen (secondary N) is 1. The van der Waals surface area contributed by atoms with Gasteiger partial charge in [0.05, 0.1) is 0 Å². The number of H-pyrrole nitrogens is 1. The van der Waals surface area contributed by atoms with Crippen LogP contribution in [0, 0.1) is 0 Å². The van der Waals surface area contributed by atoms with Crippen LogP contribution in [0.1, 0.15) is 12.5 Å². The average Bonchev–Trinajstić information content (AvgIpc) is 2.32. The van der Waals surface area contributed by atoms with Gasteiger partial charge >= 0.3 is 0 Å². The molecule has 0 atom stereocenters. The summed E-state index contributed by atoms with van der Waals surface area (Å²) in [5.41, 5.74) is 8.86. The standard InChI is InChI=1S/C13H14N2O/c1-2-9-3-5-10(6-4-9)12-7-11(14)8-15-13(12)16/h3-8H,2,14H2,1H3,(H,15,16). The van der Waals surface area contributed by atoms with Gasteiger partial charge in [0.2, 0.25) is 0 Å². The SMILES string of the molecule is CCc1ccc(-c2cc(N)c[nH]c2=O)cc1. The molecule has 0 radical (unpaired) electrons. The van der Waals surface area contributed by atoms with Crippen molar-refractivity contribution in [3.63, 3.8) is 0 Å². The lowest BCUT2D eigenvalue weighted by Gasteiger charge is -2.03. The molecule has 1 aromatic carbocycles. The smallest absolute Gasteiger partial charge is 0.255 e. The molecule has 0 saturated carbocycles. The molecule has 0 spiro atoms. The van der Waals surface area contributed by atoms with E-state index in [9.17, 15) is 4.79 Å². The normalized spacial score (nSPS) is 10.3. The molecule has 3 heteroatoms. The molecule has 0 aliphatic rings. The van der Waals surface area contributed by atoms with Gasteiger partial charge in [0.1, 0.15) is 0 Å². The molecule has 3 nitrogen and oxygen atoms in total. The molecule has 0 bridgehead atoms. The molecule has 16 heavy (non-hydrogen) atoms. The fourth-order valence-electron chi connectivity index (χ4n) is 1.63. The van der Waals surface area contributed by atoms with Crippen molar-refractivity contribution in [2.45, 2.75) is 13.3 Å². The summed E-state index contributed by atoms with van der Waals surface area (Å²) < 4.78 is 0. The Labute approximate surface area is 93.9 Å². The van der Waals surface area contributed by atoms with Crippen molar-refractivity contribution >= 4 is 5.69 Å². The van der Waals surface area contributed by atoms with Gasteiger partial charge in [-0.3, -0.25) is 4.79 Å². The highest BCUT2D eigenvalue weighted by atomic mass is 16.1. The first-order valence-electron chi connectivity index (χ1n) is 5.28. The molecule has 0 aliphatic carbocycles. The summed E-state index contributed by atoms with van der Waals surface area (Å²) in [7, 11) is 0. The second kappa shape index (κ2) is 4.23. The average molecular weight is 214 g/mol. The fourth-order valence-corrected chi connectivity index (χ4v) is 1.63. The molecular weight excluding hydrogens is 200 g/mol. The summed E-state index contributed by atoms with van der Waals surface area (Å²) in [6, 6.07) is 9.64. The molecule has 0 aliphatic heterocycles. The third-order valence-electron chi connectivity index (χ3n) is 2.60. The number of aromatic amines is 1. The van der Waals surface area contributed by atoms with Crippen LogP contribution in [0.3, 0.4) is 0 Å². The molecule has 0 saturated heterocycles. The van der Waals surface area contributed by atoms with Crippen LogP contribution < -0.4 is 11.3 Å². The first-order valence-corrected chi connectivity index (χ1v) is 5.28. The Morgan fingerprint density at radius 2 is 1.94 bits per heavy atom. The number of anilines is 1. The summed E-state index contributed by atoms with van der Waals surface area (Å²) in [5.74, 6) is 0. The Balaban J connectivity index is 2.50. The third-order valence-corrected chi connectivity index (χ3v) is 2.60. The van der Waals surface area contributed by atoms with Crippen LogP contribution in [0.5, 0.6) is 0 Å². The minimum Gasteiger partial charge on any atom is -0.398 e. The monoisotopic (exact) mass is 214 g/mol. The predicted molar refractivity (Wildman–Crippen MR) is 66.3 cm³/mol. The van der Waals surface area contributed by atoms with E-state index in [1.807, 2.05) is 24.3 Å². The minimum absolute atomic E-state index is 0.113. The molecule has 0 amide bonds. The first kappa shape index (κ1) is 10.5. The summed E-state index contributed by atoms with van der Waals surface area (Å²) in [5, 5.41) is 0. The van der Waals surface area contributed by atoms with Gasteiger partial charge in [-0.15, -0.1) is 0 Å². The first-order chi connectivity index (χ1) is 7.70. The number of aromatic nitrogens is 1. The second-order valence-corrected chi connectivity index (χ2v) is 3.73. The van der Waals surface area contributed by atoms with Crippen LogP contribution in [0.2, 0.25) is 0 Å². The van der Waals surface area contributed by atoms with Crippen molar-refractivity contribution in [3.8, 4) is 11.1 Å². The second-order valence-electron chi connectivity index (χ2n) is 3.73. The molecule has 1 aromatic heterocycles. The lowest BCUT2D eigenvalue weighted by atomic mass is 10.0. The van der Waals surface area contributed by atoms with Gasteiger partial charge in [-0.1, -0.05) is 31.2 Å². The Hall–Kier alpha value is -2.03. The molecule has 3 N–H and O–H groups in total. The number of hydrogen-bond acceptors (Lipinski definition) is 2. The van der Waals surface area contributed by atoms with Crippen LogP contribution in [-0.2, 0) is 6.42 Å². The number of aryl methyl sites for hydroxylation is 1. The third kappa shape index (κ3) is 1.98. The van der Waals surface area contributed by atoms with Gasteiger partial charge in [-0.05, 0) is 23.6 Å². The zero-order valence-corrected chi connectivity index (χ0v) is 9.16. The van der Waals surface area contributed by atoms with Crippen molar-refractivity contribution in [1.29, 1.82) is 0 Å². The molecule has 0 fully saturated rings. The molecule has 2 aromatic rings. The molecular formula is C13H14N2O. The highest BCUT2D eigenvalue weighted by Crippen LogP contribution is 2.17. The number of rotatable bonds is 2. The quantitative estimate of drug-likeness (QED) is 0.805. The lowest BCUT2D eigenvalue weighted by Crippen LogP contribution is -2.08. The molecule has 2 rings (SSSR count). The predicted octanol–water partition coefficient (Wildman–Crippen LogP) is 2.19. The Morgan fingerprint density at radius 3 is 2.56 bits per heavy atom. The van der Waals surface area contributed by atoms with E-state index in [0.717, 1.165) is 12.0 Å². The van der Waals surface area contributed by atoms with Crippen LogP contribution >= 0.6 is 0 Å². The van der Waals surface area contributed by atoms with Gasteiger partial charge < -0.3 is 10.7 Å². The van der Waals surface area contributed by atoms with Crippen molar-refractivity contribution < 1.29 is 0 Å². The summed E-state index contributed by atoms with van der Waals surface area (Å²) in [6.07, 6.45) is 2.50. The topological polar surface area (TPSA) is 58.9 Å². The van der Waals surface area contributed by atoms with E-state index < -0.39 is 0 Å². The van der Waals surface area contributed by atoms with Gasteiger partial charge in [-0.25, -0.2) is 0 Å². The Bertz CT molecular complexity index is 541. The van der Waals surface area contributed by atoms with E-state index in [4.69, 9.17) is 5.73 Å². The van der Waals surface area contributed by atoms with Crippen LogP contribution in [0.4, 0.5) is 5.69 Å². The number of pyridine rings is 1. The summed E-state index contributed by atoms with van der Waals surface area (Å²) in [6.45, 7) is 2.10. The van der Waals surface area contributed by atoms with E-state index in [1.165, 1.54) is 11.8 Å². The maximum absolute atomic E-state index is 11.6. The zero-order chi connectivity index (χ0) is 11.5. The van der Waals surface area contributed by atoms with E-state index in [-0.39, 0.29) is 5.56 Å². The van der Waals surface area contributed by atoms with Gasteiger partial charge in [-0.2, -0.15) is 0 Å². The van der Waals surface area contributed by atoms with E-state index >= 15 is 0 Å². The molecule has 82 valence electrons. The number of hydrogen-bond donors (Lipinski definition) is 2. The lowest BCUT2D eigenvalue weighted by molar-refractivity contribution is 1.14. The van der Waals surface area contributed by atoms with E-state index in [2.05, 4.69) is 11.9 Å². The maximum atomic E-state index is 11.6. The van der Waals surface area contributed by atoms with E-state index in [0.29, 0.717) is 11.3 Å². The van der Waals surface area contributed by atoms with Crippen LogP contribution in [0.25, 0.3) is 11.1 Å². The number of nitrogens with two attached hydrogens (primary N) is 1. The summed E-state index contributed by atoms with van der Waals surface area (Å²) in [4.78, 5) is 14.2. The largest absolute Gasteiger partial charge is 0.398 e. The Kier molecular flexibility index (Phi) is 2.77. The van der Waals surface area contributed by atoms with Crippen molar-refractivity contribution in [3.05, 3.63) is 52.4 Å². The zero-order valence-electron chi connectivity index (χ0n) is 9.16. The Morgan fingerprint density at radius 1 is 1.25 bits per heavy atom. The van der Waals surface area contributed by atoms with Crippen molar-refractivity contribution in [2.24, 2.45) is 0 Å². The molecule has 0 unspecified atom stereocenters. The van der Waals surface area contributed by atoms with Gasteiger partial charge in [0, 0.05) is 17.4 Å². The fraction of sp³-hybridized carbons (Fsp3) is 0.154. The van der Waals surface area contributed by atoms with Crippen molar-refractivity contribution in [2.75, 3.05) is 5.73 Å². The van der Waals surface area contributed by atoms with Crippen molar-refractivity contribution in [1.82, 2.24) is 4.98 Å². The highest BCUT2D eigenvalue weighted by Gasteiger charge is 2.03. The van der Waals surface area contributed by atoms with Gasteiger partial charge in [0.15, 0.2) is 0 Å².